The van der Waals surface area contributed by atoms with Crippen molar-refractivity contribution in [2.45, 2.75) is 44.1 Å². The second-order valence-corrected chi connectivity index (χ2v) is 4.79. The molecule has 1 aliphatic rings. The summed E-state index contributed by atoms with van der Waals surface area (Å²) in [6.45, 7) is 3.63. The monoisotopic (exact) mass is 310 g/mol. The van der Waals surface area contributed by atoms with Gasteiger partial charge in [-0.1, -0.05) is 6.92 Å². The SMILES string of the molecule is CCCOCCOCCO[C@@H]1O[C@H](CO)[C@H](O)[C@H](O)[C@H]1O. The van der Waals surface area contributed by atoms with E-state index in [-0.39, 0.29) is 13.2 Å². The van der Waals surface area contributed by atoms with Gasteiger partial charge in [-0.3, -0.25) is 0 Å². The molecule has 1 aliphatic heterocycles. The molecule has 0 amide bonds. The van der Waals surface area contributed by atoms with Gasteiger partial charge in [0.25, 0.3) is 0 Å². The first-order valence-electron chi connectivity index (χ1n) is 7.19. The van der Waals surface area contributed by atoms with Gasteiger partial charge in [0.1, 0.15) is 24.4 Å². The maximum Gasteiger partial charge on any atom is 0.186 e. The van der Waals surface area contributed by atoms with Gasteiger partial charge in [-0.25, -0.2) is 0 Å². The summed E-state index contributed by atoms with van der Waals surface area (Å²) < 4.78 is 20.9. The summed E-state index contributed by atoms with van der Waals surface area (Å²) in [5.41, 5.74) is 0. The molecule has 1 heterocycles. The fourth-order valence-corrected chi connectivity index (χ4v) is 1.89. The van der Waals surface area contributed by atoms with Gasteiger partial charge in [-0.05, 0) is 6.42 Å². The van der Waals surface area contributed by atoms with Crippen LogP contribution in [0.2, 0.25) is 0 Å². The van der Waals surface area contributed by atoms with Crippen LogP contribution in [0.25, 0.3) is 0 Å². The smallest absolute Gasteiger partial charge is 0.186 e. The largest absolute Gasteiger partial charge is 0.394 e. The Labute approximate surface area is 124 Å². The maximum atomic E-state index is 9.72. The highest BCUT2D eigenvalue weighted by Gasteiger charge is 2.43. The standard InChI is InChI=1S/C13H26O8/c1-2-3-18-4-5-19-6-7-20-13-12(17)11(16)10(15)9(8-14)21-13/h9-17H,2-8H2,1H3/t9-,10+,11+,12-,13-/m1/s1. The van der Waals surface area contributed by atoms with Crippen LogP contribution < -0.4 is 0 Å². The molecule has 0 aromatic rings. The molecule has 0 bridgehead atoms. The molecule has 0 unspecified atom stereocenters. The Morgan fingerprint density at radius 1 is 0.857 bits per heavy atom. The van der Waals surface area contributed by atoms with Crippen molar-refractivity contribution >= 4 is 0 Å². The van der Waals surface area contributed by atoms with Crippen LogP contribution in [-0.4, -0.2) is 90.8 Å². The highest BCUT2D eigenvalue weighted by molar-refractivity contribution is 4.88. The van der Waals surface area contributed by atoms with E-state index in [4.69, 9.17) is 24.1 Å². The van der Waals surface area contributed by atoms with Gasteiger partial charge in [0, 0.05) is 6.61 Å². The second kappa shape index (κ2) is 10.4. The first kappa shape index (κ1) is 18.7. The molecule has 126 valence electrons. The molecule has 4 N–H and O–H groups in total. The van der Waals surface area contributed by atoms with E-state index in [0.717, 1.165) is 6.42 Å². The number of aliphatic hydroxyl groups excluding tert-OH is 4. The Morgan fingerprint density at radius 2 is 1.48 bits per heavy atom. The molecule has 0 aromatic carbocycles. The summed E-state index contributed by atoms with van der Waals surface area (Å²) in [4.78, 5) is 0. The zero-order valence-electron chi connectivity index (χ0n) is 12.3. The van der Waals surface area contributed by atoms with E-state index < -0.39 is 37.3 Å². The predicted octanol–water partition coefficient (Wildman–Crippen LogP) is -1.75. The van der Waals surface area contributed by atoms with E-state index in [9.17, 15) is 15.3 Å². The van der Waals surface area contributed by atoms with Gasteiger partial charge in [-0.15, -0.1) is 0 Å². The van der Waals surface area contributed by atoms with Crippen molar-refractivity contribution in [3.05, 3.63) is 0 Å². The third kappa shape index (κ3) is 6.13. The van der Waals surface area contributed by atoms with Crippen LogP contribution in [0.4, 0.5) is 0 Å². The van der Waals surface area contributed by atoms with Crippen LogP contribution in [0.5, 0.6) is 0 Å². The lowest BCUT2D eigenvalue weighted by atomic mass is 9.99. The summed E-state index contributed by atoms with van der Waals surface area (Å²) in [7, 11) is 0. The van der Waals surface area contributed by atoms with Crippen molar-refractivity contribution in [3.63, 3.8) is 0 Å². The minimum Gasteiger partial charge on any atom is -0.394 e. The quantitative estimate of drug-likeness (QED) is 0.351. The number of rotatable bonds is 10. The Bertz CT molecular complexity index is 263. The number of ether oxygens (including phenoxy) is 4. The molecular formula is C13H26O8. The lowest BCUT2D eigenvalue weighted by molar-refractivity contribution is -0.302. The Balaban J connectivity index is 2.16. The minimum atomic E-state index is -1.43. The zero-order valence-corrected chi connectivity index (χ0v) is 12.3. The molecule has 0 aromatic heterocycles. The van der Waals surface area contributed by atoms with E-state index in [1.807, 2.05) is 6.92 Å². The number of hydrogen-bond acceptors (Lipinski definition) is 8. The molecule has 0 spiro atoms. The number of aliphatic hydroxyl groups is 4. The van der Waals surface area contributed by atoms with E-state index in [1.54, 1.807) is 0 Å². The topological polar surface area (TPSA) is 118 Å². The van der Waals surface area contributed by atoms with Crippen LogP contribution in [0.1, 0.15) is 13.3 Å². The molecular weight excluding hydrogens is 284 g/mol. The summed E-state index contributed by atoms with van der Waals surface area (Å²) in [6.07, 6.45) is -5.30. The fourth-order valence-electron chi connectivity index (χ4n) is 1.89. The van der Waals surface area contributed by atoms with Crippen LogP contribution in [0.3, 0.4) is 0 Å². The molecule has 8 nitrogen and oxygen atoms in total. The second-order valence-electron chi connectivity index (χ2n) is 4.79. The van der Waals surface area contributed by atoms with Gasteiger partial charge >= 0.3 is 0 Å². The Morgan fingerprint density at radius 3 is 2.10 bits per heavy atom. The molecule has 0 saturated carbocycles. The maximum absolute atomic E-state index is 9.72. The predicted molar refractivity (Wildman–Crippen MR) is 71.6 cm³/mol. The lowest BCUT2D eigenvalue weighted by Gasteiger charge is -2.39. The van der Waals surface area contributed by atoms with Crippen molar-refractivity contribution in [2.75, 3.05) is 39.6 Å². The van der Waals surface area contributed by atoms with Gasteiger partial charge in [0.05, 0.1) is 33.0 Å². The first-order chi connectivity index (χ1) is 10.1. The van der Waals surface area contributed by atoms with E-state index in [0.29, 0.717) is 19.8 Å². The average molecular weight is 310 g/mol. The third-order valence-corrected chi connectivity index (χ3v) is 3.08. The van der Waals surface area contributed by atoms with E-state index in [1.165, 1.54) is 0 Å². The van der Waals surface area contributed by atoms with Crippen molar-refractivity contribution in [2.24, 2.45) is 0 Å². The Kier molecular flexibility index (Phi) is 9.29. The van der Waals surface area contributed by atoms with Gasteiger partial charge < -0.3 is 39.4 Å². The number of hydrogen-bond donors (Lipinski definition) is 4. The Hall–Kier alpha value is -0.320. The summed E-state index contributed by atoms with van der Waals surface area (Å²) in [5, 5.41) is 37.9. The highest BCUT2D eigenvalue weighted by atomic mass is 16.7. The fraction of sp³-hybridized carbons (Fsp3) is 1.00. The normalized spacial score (nSPS) is 33.3. The van der Waals surface area contributed by atoms with Crippen LogP contribution in [0.15, 0.2) is 0 Å². The summed E-state index contributed by atoms with van der Waals surface area (Å²) in [6, 6.07) is 0. The van der Waals surface area contributed by atoms with E-state index >= 15 is 0 Å². The van der Waals surface area contributed by atoms with Gasteiger partial charge in [0.2, 0.25) is 0 Å². The van der Waals surface area contributed by atoms with Crippen LogP contribution in [-0.2, 0) is 18.9 Å². The third-order valence-electron chi connectivity index (χ3n) is 3.08. The lowest BCUT2D eigenvalue weighted by Crippen LogP contribution is -2.59. The minimum absolute atomic E-state index is 0.149. The summed E-state index contributed by atoms with van der Waals surface area (Å²) in [5.74, 6) is 0. The molecule has 8 heteroatoms. The molecule has 0 aliphatic carbocycles. The first-order valence-corrected chi connectivity index (χ1v) is 7.19. The van der Waals surface area contributed by atoms with Crippen molar-refractivity contribution in [1.29, 1.82) is 0 Å². The zero-order chi connectivity index (χ0) is 15.7. The van der Waals surface area contributed by atoms with Crippen LogP contribution in [0, 0.1) is 0 Å². The molecule has 0 radical (unpaired) electrons. The van der Waals surface area contributed by atoms with Crippen molar-refractivity contribution in [1.82, 2.24) is 0 Å². The molecule has 1 saturated heterocycles. The van der Waals surface area contributed by atoms with Crippen molar-refractivity contribution in [3.8, 4) is 0 Å². The molecule has 1 fully saturated rings. The van der Waals surface area contributed by atoms with Crippen LogP contribution >= 0.6 is 0 Å². The highest BCUT2D eigenvalue weighted by Crippen LogP contribution is 2.21. The van der Waals surface area contributed by atoms with Crippen molar-refractivity contribution < 1.29 is 39.4 Å². The molecule has 21 heavy (non-hydrogen) atoms. The average Bonchev–Trinajstić information content (AvgIpc) is 2.49. The summed E-state index contributed by atoms with van der Waals surface area (Å²) >= 11 is 0. The molecule has 5 atom stereocenters. The van der Waals surface area contributed by atoms with Gasteiger partial charge in [-0.2, -0.15) is 0 Å². The molecule has 1 rings (SSSR count). The van der Waals surface area contributed by atoms with Gasteiger partial charge in [0.15, 0.2) is 6.29 Å². The van der Waals surface area contributed by atoms with E-state index in [2.05, 4.69) is 0 Å².